The van der Waals surface area contributed by atoms with Gasteiger partial charge in [-0.3, -0.25) is 4.90 Å². The normalized spacial score (nSPS) is 24.8. The Morgan fingerprint density at radius 3 is 2.81 bits per heavy atom. The summed E-state index contributed by atoms with van der Waals surface area (Å²) in [6.45, 7) is 5.13. The van der Waals surface area contributed by atoms with Gasteiger partial charge >= 0.3 is 0 Å². The highest BCUT2D eigenvalue weighted by Gasteiger charge is 2.26. The molecular formula is C16H24N2O3. The highest BCUT2D eigenvalue weighted by atomic mass is 16.6. The van der Waals surface area contributed by atoms with Crippen molar-refractivity contribution in [2.75, 3.05) is 26.3 Å². The van der Waals surface area contributed by atoms with Crippen molar-refractivity contribution in [3.63, 3.8) is 0 Å². The number of benzene rings is 1. The van der Waals surface area contributed by atoms with Gasteiger partial charge in [0.15, 0.2) is 11.5 Å². The van der Waals surface area contributed by atoms with Crippen molar-refractivity contribution in [1.29, 1.82) is 0 Å². The lowest BCUT2D eigenvalue weighted by Gasteiger charge is -2.28. The Bertz CT molecular complexity index is 494. The van der Waals surface area contributed by atoms with Crippen molar-refractivity contribution in [2.24, 2.45) is 5.73 Å². The lowest BCUT2D eigenvalue weighted by Crippen LogP contribution is -2.42. The van der Waals surface area contributed by atoms with E-state index in [-0.39, 0.29) is 6.04 Å². The minimum atomic E-state index is -0.686. The predicted molar refractivity (Wildman–Crippen MR) is 80.6 cm³/mol. The van der Waals surface area contributed by atoms with Gasteiger partial charge in [0, 0.05) is 18.6 Å². The maximum absolute atomic E-state index is 10.5. The van der Waals surface area contributed by atoms with Gasteiger partial charge in [0.05, 0.1) is 6.10 Å². The van der Waals surface area contributed by atoms with Gasteiger partial charge in [-0.1, -0.05) is 6.07 Å². The maximum atomic E-state index is 10.5. The van der Waals surface area contributed by atoms with Crippen LogP contribution < -0.4 is 15.2 Å². The second-order valence-corrected chi connectivity index (χ2v) is 6.00. The number of aliphatic hydroxyl groups excluding tert-OH is 1. The summed E-state index contributed by atoms with van der Waals surface area (Å²) in [5.41, 5.74) is 6.99. The Hall–Kier alpha value is -1.30. The molecule has 0 amide bonds. The van der Waals surface area contributed by atoms with E-state index in [1.165, 1.54) is 12.8 Å². The maximum Gasteiger partial charge on any atom is 0.161 e. The van der Waals surface area contributed by atoms with E-state index in [4.69, 9.17) is 15.2 Å². The fourth-order valence-electron chi connectivity index (χ4n) is 3.13. The summed E-state index contributed by atoms with van der Waals surface area (Å²) in [6.07, 6.45) is 1.74. The minimum Gasteiger partial charge on any atom is -0.486 e. The molecular weight excluding hydrogens is 268 g/mol. The van der Waals surface area contributed by atoms with E-state index in [2.05, 4.69) is 11.8 Å². The van der Waals surface area contributed by atoms with E-state index >= 15 is 0 Å². The molecule has 1 aromatic carbocycles. The van der Waals surface area contributed by atoms with Gasteiger partial charge in [-0.15, -0.1) is 0 Å². The molecule has 3 N–H and O–H groups in total. The van der Waals surface area contributed by atoms with Crippen LogP contribution in [0.1, 0.15) is 31.4 Å². The standard InChI is InChI=1S/C16H24N2O3/c1-11-3-2-6-18(11)10-13(17)16(19)12-4-5-14-15(9-12)21-8-7-20-14/h4-5,9,11,13,16,19H,2-3,6-8,10,17H2,1H3. The molecule has 0 saturated carbocycles. The first-order chi connectivity index (χ1) is 10.1. The fourth-order valence-corrected chi connectivity index (χ4v) is 3.13. The number of aliphatic hydroxyl groups is 1. The van der Waals surface area contributed by atoms with Gasteiger partial charge in [0.1, 0.15) is 13.2 Å². The van der Waals surface area contributed by atoms with Crippen LogP contribution in [0.15, 0.2) is 18.2 Å². The third kappa shape index (κ3) is 3.15. The second-order valence-electron chi connectivity index (χ2n) is 6.00. The van der Waals surface area contributed by atoms with Crippen LogP contribution in [-0.4, -0.2) is 48.4 Å². The van der Waals surface area contributed by atoms with Crippen molar-refractivity contribution in [3.05, 3.63) is 23.8 Å². The third-order valence-corrected chi connectivity index (χ3v) is 4.45. The number of ether oxygens (including phenoxy) is 2. The quantitative estimate of drug-likeness (QED) is 0.875. The average Bonchev–Trinajstić information content (AvgIpc) is 2.91. The first-order valence-corrected chi connectivity index (χ1v) is 7.72. The monoisotopic (exact) mass is 292 g/mol. The molecule has 2 aliphatic rings. The largest absolute Gasteiger partial charge is 0.486 e. The van der Waals surface area contributed by atoms with Gasteiger partial charge in [0.2, 0.25) is 0 Å². The van der Waals surface area contributed by atoms with Crippen LogP contribution in [-0.2, 0) is 0 Å². The highest BCUT2D eigenvalue weighted by Crippen LogP contribution is 2.33. The molecule has 0 spiro atoms. The molecule has 116 valence electrons. The van der Waals surface area contributed by atoms with E-state index in [1.54, 1.807) is 0 Å². The molecule has 3 rings (SSSR count). The number of likely N-dealkylation sites (tertiary alicyclic amines) is 1. The first kappa shape index (κ1) is 14.6. The van der Waals surface area contributed by atoms with Gasteiger partial charge in [-0.05, 0) is 44.0 Å². The number of rotatable bonds is 4. The van der Waals surface area contributed by atoms with E-state index in [0.717, 1.165) is 24.4 Å². The zero-order chi connectivity index (χ0) is 14.8. The molecule has 1 fully saturated rings. The van der Waals surface area contributed by atoms with Crippen LogP contribution in [0.25, 0.3) is 0 Å². The van der Waals surface area contributed by atoms with Gasteiger partial charge in [-0.2, -0.15) is 0 Å². The Morgan fingerprint density at radius 1 is 1.33 bits per heavy atom. The molecule has 2 heterocycles. The summed E-state index contributed by atoms with van der Waals surface area (Å²) in [7, 11) is 0. The van der Waals surface area contributed by atoms with Crippen molar-refractivity contribution < 1.29 is 14.6 Å². The molecule has 5 heteroatoms. The zero-order valence-corrected chi connectivity index (χ0v) is 12.5. The zero-order valence-electron chi connectivity index (χ0n) is 12.5. The van der Waals surface area contributed by atoms with Gasteiger partial charge < -0.3 is 20.3 Å². The molecule has 5 nitrogen and oxygen atoms in total. The van der Waals surface area contributed by atoms with Crippen LogP contribution >= 0.6 is 0 Å². The summed E-state index contributed by atoms with van der Waals surface area (Å²) in [5.74, 6) is 1.43. The Kier molecular flexibility index (Phi) is 4.33. The van der Waals surface area contributed by atoms with Crippen LogP contribution in [0.5, 0.6) is 11.5 Å². The SMILES string of the molecule is CC1CCCN1CC(N)C(O)c1ccc2c(c1)OCCO2. The van der Waals surface area contributed by atoms with E-state index < -0.39 is 6.10 Å². The molecule has 1 saturated heterocycles. The summed E-state index contributed by atoms with van der Waals surface area (Å²) < 4.78 is 11.1. The average molecular weight is 292 g/mol. The van der Waals surface area contributed by atoms with Crippen molar-refractivity contribution >= 4 is 0 Å². The van der Waals surface area contributed by atoms with Crippen LogP contribution in [0.3, 0.4) is 0 Å². The van der Waals surface area contributed by atoms with Gasteiger partial charge in [-0.25, -0.2) is 0 Å². The molecule has 0 radical (unpaired) electrons. The number of hydrogen-bond acceptors (Lipinski definition) is 5. The molecule has 1 aromatic rings. The van der Waals surface area contributed by atoms with Crippen molar-refractivity contribution in [1.82, 2.24) is 4.90 Å². The third-order valence-electron chi connectivity index (χ3n) is 4.45. The molecule has 3 atom stereocenters. The Labute approximate surface area is 125 Å². The number of nitrogens with zero attached hydrogens (tertiary/aromatic N) is 1. The molecule has 21 heavy (non-hydrogen) atoms. The smallest absolute Gasteiger partial charge is 0.161 e. The van der Waals surface area contributed by atoms with E-state index in [9.17, 15) is 5.11 Å². The van der Waals surface area contributed by atoms with Crippen LogP contribution in [0.4, 0.5) is 0 Å². The topological polar surface area (TPSA) is 68.0 Å². The van der Waals surface area contributed by atoms with Crippen LogP contribution in [0.2, 0.25) is 0 Å². The molecule has 3 unspecified atom stereocenters. The minimum absolute atomic E-state index is 0.298. The van der Waals surface area contributed by atoms with E-state index in [0.29, 0.717) is 25.0 Å². The Morgan fingerprint density at radius 2 is 2.10 bits per heavy atom. The lowest BCUT2D eigenvalue weighted by atomic mass is 10.0. The molecule has 0 bridgehead atoms. The lowest BCUT2D eigenvalue weighted by molar-refractivity contribution is 0.115. The van der Waals surface area contributed by atoms with Crippen molar-refractivity contribution in [2.45, 2.75) is 38.0 Å². The molecule has 0 aliphatic carbocycles. The predicted octanol–water partition coefficient (Wildman–Crippen LogP) is 1.30. The summed E-state index contributed by atoms with van der Waals surface area (Å²) in [6, 6.07) is 5.81. The van der Waals surface area contributed by atoms with E-state index in [1.807, 2.05) is 18.2 Å². The van der Waals surface area contributed by atoms with Gasteiger partial charge in [0.25, 0.3) is 0 Å². The van der Waals surface area contributed by atoms with Crippen molar-refractivity contribution in [3.8, 4) is 11.5 Å². The first-order valence-electron chi connectivity index (χ1n) is 7.72. The summed E-state index contributed by atoms with van der Waals surface area (Å²) in [5, 5.41) is 10.5. The number of nitrogens with two attached hydrogens (primary N) is 1. The van der Waals surface area contributed by atoms with Crippen LogP contribution in [0, 0.1) is 0 Å². The number of fused-ring (bicyclic) bond motifs is 1. The second kappa shape index (κ2) is 6.22. The summed E-state index contributed by atoms with van der Waals surface area (Å²) >= 11 is 0. The highest BCUT2D eigenvalue weighted by molar-refractivity contribution is 5.44. The Balaban J connectivity index is 1.67. The molecule has 0 aromatic heterocycles. The summed E-state index contributed by atoms with van der Waals surface area (Å²) in [4.78, 5) is 2.35. The number of hydrogen-bond donors (Lipinski definition) is 2. The fraction of sp³-hybridized carbons (Fsp3) is 0.625. The molecule has 2 aliphatic heterocycles.